The van der Waals surface area contributed by atoms with Gasteiger partial charge in [0.25, 0.3) is 0 Å². The van der Waals surface area contributed by atoms with Gasteiger partial charge in [-0.25, -0.2) is 41.7 Å². The predicted molar refractivity (Wildman–Crippen MR) is 263 cm³/mol. The van der Waals surface area contributed by atoms with E-state index in [-0.39, 0.29) is 0 Å². The van der Waals surface area contributed by atoms with Gasteiger partial charge in [0.1, 0.15) is 12.3 Å². The zero-order chi connectivity index (χ0) is 41.8. The van der Waals surface area contributed by atoms with Crippen LogP contribution in [0, 0.1) is 0 Å². The molecule has 8 aromatic rings. The van der Waals surface area contributed by atoms with Crippen molar-refractivity contribution in [2.24, 2.45) is 0 Å². The molecule has 2 aliphatic heterocycles. The van der Waals surface area contributed by atoms with Gasteiger partial charge in [-0.3, -0.25) is 0 Å². The average Bonchev–Trinajstić information content (AvgIpc) is 3.35. The Kier molecular flexibility index (Phi) is 11.1. The summed E-state index contributed by atoms with van der Waals surface area (Å²) in [6, 6.07) is 75.3. The van der Waals surface area contributed by atoms with E-state index in [9.17, 15) is 0 Å². The maximum absolute atomic E-state index is 6.29. The first-order chi connectivity index (χ1) is 30.6. The Morgan fingerprint density at radius 1 is 0.242 bits per heavy atom. The van der Waals surface area contributed by atoms with Gasteiger partial charge in [-0.1, -0.05) is 170 Å². The van der Waals surface area contributed by atoms with E-state index >= 15 is 0 Å². The molecule has 0 bridgehead atoms. The van der Waals surface area contributed by atoms with Gasteiger partial charge in [-0.05, 0) is 117 Å². The van der Waals surface area contributed by atoms with Crippen molar-refractivity contribution >= 4 is 57.4 Å². The summed E-state index contributed by atoms with van der Waals surface area (Å²) in [6.07, 6.45) is -0.964. The Hall–Kier alpha value is -7.02. The summed E-state index contributed by atoms with van der Waals surface area (Å²) >= 11 is 12.6. The molecule has 0 unspecified atom stereocenters. The van der Waals surface area contributed by atoms with Crippen molar-refractivity contribution < 1.29 is 0 Å². The van der Waals surface area contributed by atoms with Crippen LogP contribution in [0.1, 0.15) is 0 Å². The molecule has 4 N–H and O–H groups in total. The summed E-state index contributed by atoms with van der Waals surface area (Å²) in [5.74, 6) is 0. The first-order valence-corrected chi connectivity index (χ1v) is 21.3. The zero-order valence-electron chi connectivity index (χ0n) is 33.5. The third kappa shape index (κ3) is 8.09. The molecule has 302 valence electrons. The number of hydrogen-bond acceptors (Lipinski definition) is 6. The molecule has 0 saturated carbocycles. The molecule has 2 saturated heterocycles. The molecule has 0 atom stereocenters. The molecular formula is C52H42N8S2. The van der Waals surface area contributed by atoms with Crippen LogP contribution in [0.3, 0.4) is 0 Å². The Labute approximate surface area is 372 Å². The van der Waals surface area contributed by atoms with Crippen molar-refractivity contribution in [3.63, 3.8) is 0 Å². The van der Waals surface area contributed by atoms with Crippen LogP contribution in [0.15, 0.2) is 218 Å². The van der Waals surface area contributed by atoms with Gasteiger partial charge in [-0.15, -0.1) is 0 Å². The minimum Gasteiger partial charge on any atom is -0.249 e. The van der Waals surface area contributed by atoms with Crippen LogP contribution in [0.25, 0.3) is 44.5 Å². The van der Waals surface area contributed by atoms with Crippen LogP contribution < -0.4 is 41.7 Å². The van der Waals surface area contributed by atoms with Crippen molar-refractivity contribution in [3.8, 4) is 44.5 Å². The largest absolute Gasteiger partial charge is 0.249 e. The third-order valence-corrected chi connectivity index (χ3v) is 11.8. The van der Waals surface area contributed by atoms with Crippen LogP contribution in [0.5, 0.6) is 0 Å². The van der Waals surface area contributed by atoms with E-state index in [2.05, 4.69) is 216 Å². The normalized spacial score (nSPS) is 15.0. The van der Waals surface area contributed by atoms with E-state index in [0.29, 0.717) is 10.2 Å². The molecule has 8 aromatic carbocycles. The lowest BCUT2D eigenvalue weighted by Gasteiger charge is -2.50. The van der Waals surface area contributed by atoms with E-state index in [4.69, 9.17) is 24.4 Å². The molecule has 0 aromatic heterocycles. The van der Waals surface area contributed by atoms with Crippen LogP contribution in [0.4, 0.5) is 22.7 Å². The standard InChI is InChI=1S/C52H42N8S2/c61-51-57(45-29-21-41(22-30-45)37-13-5-1-6-14-37)53-49(54-58(51)46-31-23-42(24-32-46)38-15-7-2-8-16-38)50-55-59(47-33-25-43(26-34-47)39-17-9-3-10-18-39)52(62)60(56-50)48-35-27-44(28-36-48)40-19-11-4-12-20-40/h1-36,49-50,53-56H. The van der Waals surface area contributed by atoms with Gasteiger partial charge >= 0.3 is 0 Å². The lowest BCUT2D eigenvalue weighted by Crippen LogP contribution is -2.81. The molecule has 0 amide bonds. The minimum atomic E-state index is -0.482. The van der Waals surface area contributed by atoms with Crippen LogP contribution in [-0.2, 0) is 0 Å². The maximum Gasteiger partial charge on any atom is 0.210 e. The molecule has 10 heteroatoms. The molecule has 0 aliphatic carbocycles. The number of anilines is 4. The second kappa shape index (κ2) is 17.5. The van der Waals surface area contributed by atoms with Crippen molar-refractivity contribution in [2.45, 2.75) is 12.3 Å². The number of nitrogens with one attached hydrogen (secondary N) is 4. The van der Waals surface area contributed by atoms with Crippen LogP contribution >= 0.6 is 24.4 Å². The molecule has 2 fully saturated rings. The van der Waals surface area contributed by atoms with E-state index in [1.165, 1.54) is 0 Å². The second-order valence-corrected chi connectivity index (χ2v) is 15.8. The first-order valence-electron chi connectivity index (χ1n) is 20.5. The monoisotopic (exact) mass is 842 g/mol. The maximum atomic E-state index is 6.29. The molecule has 2 aliphatic rings. The number of hydrazine groups is 4. The number of hydrogen-bond donors (Lipinski definition) is 4. The number of benzene rings is 8. The molecule has 0 radical (unpaired) electrons. The smallest absolute Gasteiger partial charge is 0.210 e. The predicted octanol–water partition coefficient (Wildman–Crippen LogP) is 10.9. The summed E-state index contributed by atoms with van der Waals surface area (Å²) in [5, 5.41) is 8.92. The van der Waals surface area contributed by atoms with Gasteiger partial charge < -0.3 is 0 Å². The first kappa shape index (κ1) is 39.1. The Morgan fingerprint density at radius 2 is 0.419 bits per heavy atom. The van der Waals surface area contributed by atoms with E-state index in [0.717, 1.165) is 67.3 Å². The summed E-state index contributed by atoms with van der Waals surface area (Å²) in [5.41, 5.74) is 27.5. The molecule has 0 spiro atoms. The third-order valence-electron chi connectivity index (χ3n) is 11.1. The van der Waals surface area contributed by atoms with Crippen LogP contribution in [0.2, 0.25) is 0 Å². The minimum absolute atomic E-state index is 0.482. The van der Waals surface area contributed by atoms with Crippen molar-refractivity contribution in [3.05, 3.63) is 218 Å². The molecular weight excluding hydrogens is 801 g/mol. The van der Waals surface area contributed by atoms with Gasteiger partial charge in [0.15, 0.2) is 0 Å². The topological polar surface area (TPSA) is 61.1 Å². The van der Waals surface area contributed by atoms with Crippen LogP contribution in [-0.4, -0.2) is 22.6 Å². The molecule has 62 heavy (non-hydrogen) atoms. The van der Waals surface area contributed by atoms with Crippen molar-refractivity contribution in [1.29, 1.82) is 0 Å². The molecule has 10 rings (SSSR count). The lowest BCUT2D eigenvalue weighted by molar-refractivity contribution is 0.265. The Morgan fingerprint density at radius 3 is 0.613 bits per heavy atom. The fourth-order valence-electron chi connectivity index (χ4n) is 7.81. The summed E-state index contributed by atoms with van der Waals surface area (Å²) in [7, 11) is 0. The van der Waals surface area contributed by atoms with E-state index in [1.54, 1.807) is 0 Å². The van der Waals surface area contributed by atoms with Gasteiger partial charge in [0.05, 0.1) is 22.7 Å². The highest BCUT2D eigenvalue weighted by atomic mass is 32.1. The zero-order valence-corrected chi connectivity index (χ0v) is 35.2. The average molecular weight is 843 g/mol. The van der Waals surface area contributed by atoms with Crippen molar-refractivity contribution in [2.75, 3.05) is 20.0 Å². The lowest BCUT2D eigenvalue weighted by atomic mass is 10.1. The summed E-state index contributed by atoms with van der Waals surface area (Å²) in [4.78, 5) is 0. The van der Waals surface area contributed by atoms with E-state index in [1.807, 2.05) is 44.3 Å². The number of rotatable bonds is 9. The van der Waals surface area contributed by atoms with Gasteiger partial charge in [0, 0.05) is 0 Å². The number of thiocarbonyl (C=S) groups is 2. The highest BCUT2D eigenvalue weighted by Crippen LogP contribution is 2.31. The summed E-state index contributed by atoms with van der Waals surface area (Å²) < 4.78 is 0. The van der Waals surface area contributed by atoms with E-state index < -0.39 is 12.3 Å². The van der Waals surface area contributed by atoms with Gasteiger partial charge in [0.2, 0.25) is 10.2 Å². The summed E-state index contributed by atoms with van der Waals surface area (Å²) in [6.45, 7) is 0. The van der Waals surface area contributed by atoms with Gasteiger partial charge in [-0.2, -0.15) is 0 Å². The molecule has 2 heterocycles. The quantitative estimate of drug-likeness (QED) is 0.106. The highest BCUT2D eigenvalue weighted by Gasteiger charge is 2.40. The Balaban J connectivity index is 1.01. The molecule has 8 nitrogen and oxygen atoms in total. The van der Waals surface area contributed by atoms with Crippen molar-refractivity contribution in [1.82, 2.24) is 21.7 Å². The highest BCUT2D eigenvalue weighted by molar-refractivity contribution is 7.81. The fourth-order valence-corrected chi connectivity index (χ4v) is 8.44. The SMILES string of the molecule is S=C1N(c2ccc(-c3ccccc3)cc2)NC(C2NN(c3ccc(-c4ccccc4)cc3)C(=S)N(c3ccc(-c4ccccc4)cc3)N2)NN1c1ccc(-c2ccccc2)cc1. The fraction of sp³-hybridized carbons (Fsp3) is 0.0385. The number of nitrogens with zero attached hydrogens (tertiary/aromatic N) is 4. The second-order valence-electron chi connectivity index (χ2n) is 15.0. The Bertz CT molecular complexity index is 2390.